The number of aryl methyl sites for hydroxylation is 1. The Bertz CT molecular complexity index is 3440. The van der Waals surface area contributed by atoms with Crippen molar-refractivity contribution in [3.63, 3.8) is 0 Å². The molecule has 0 amide bonds. The van der Waals surface area contributed by atoms with E-state index in [1.807, 2.05) is 116 Å². The minimum absolute atomic E-state index is 0.189. The molecule has 0 radical (unpaired) electrons. The summed E-state index contributed by atoms with van der Waals surface area (Å²) in [7, 11) is 1.59. The summed E-state index contributed by atoms with van der Waals surface area (Å²) in [6.07, 6.45) is 2.01. The largest absolute Gasteiger partial charge is 0.508 e. The number of phenolic OH excluding ortho intramolecular Hbond substituents is 7. The first kappa shape index (κ1) is 63.6. The molecule has 79 heavy (non-hydrogen) atoms. The van der Waals surface area contributed by atoms with Crippen LogP contribution in [0.4, 0.5) is 0 Å². The maximum atomic E-state index is 11.4. The van der Waals surface area contributed by atoms with Crippen molar-refractivity contribution in [1.82, 2.24) is 0 Å². The van der Waals surface area contributed by atoms with E-state index in [0.29, 0.717) is 52.2 Å². The second-order valence-electron chi connectivity index (χ2n) is 15.9. The van der Waals surface area contributed by atoms with Crippen LogP contribution in [0.5, 0.6) is 46.0 Å². The summed E-state index contributed by atoms with van der Waals surface area (Å²) in [6.45, 7) is 1.99. The number of benzene rings is 10. The number of carbonyl (C=O) groups excluding carboxylic acids is 2. The number of fused-ring (bicyclic) bond motifs is 3. The highest BCUT2D eigenvalue weighted by Crippen LogP contribution is 2.44. The molecule has 0 spiro atoms. The molecule has 1 aliphatic rings. The summed E-state index contributed by atoms with van der Waals surface area (Å²) < 4.78 is 11.7. The molecule has 0 aliphatic carbocycles. The van der Waals surface area contributed by atoms with Crippen molar-refractivity contribution in [1.29, 1.82) is 5.26 Å². The van der Waals surface area contributed by atoms with E-state index in [1.165, 1.54) is 22.6 Å². The van der Waals surface area contributed by atoms with Gasteiger partial charge in [0.1, 0.15) is 46.0 Å². The number of nitrogens with zero attached hydrogens (tertiary/aromatic N) is 1. The number of rotatable bonds is 2. The quantitative estimate of drug-likeness (QED) is 0.0282. The van der Waals surface area contributed by atoms with Crippen LogP contribution in [0.2, 0.25) is 0 Å². The van der Waals surface area contributed by atoms with E-state index >= 15 is 0 Å². The molecule has 404 valence electrons. The highest BCUT2D eigenvalue weighted by molar-refractivity contribution is 9.15. The Balaban J connectivity index is 0.000000197. The predicted octanol–water partition coefficient (Wildman–Crippen LogP) is 17.0. The molecule has 1 aliphatic heterocycles. The Labute approximate surface area is 495 Å². The second-order valence-corrected chi connectivity index (χ2v) is 20.0. The van der Waals surface area contributed by atoms with Gasteiger partial charge in [-0.15, -0.1) is 11.8 Å². The van der Waals surface area contributed by atoms with Crippen molar-refractivity contribution in [2.75, 3.05) is 13.4 Å². The highest BCUT2D eigenvalue weighted by Gasteiger charge is 2.36. The molecule has 11 rings (SSSR count). The number of halogens is 4. The number of nitriles is 1. The number of phenols is 7. The van der Waals surface area contributed by atoms with Gasteiger partial charge in [0.2, 0.25) is 0 Å². The molecule has 0 aromatic heterocycles. The Morgan fingerprint density at radius 1 is 0.456 bits per heavy atom. The van der Waals surface area contributed by atoms with Crippen LogP contribution in [-0.2, 0) is 4.74 Å². The van der Waals surface area contributed by atoms with Gasteiger partial charge in [0.15, 0.2) is 0 Å². The van der Waals surface area contributed by atoms with Crippen molar-refractivity contribution in [2.45, 2.75) is 11.8 Å². The third-order valence-electron chi connectivity index (χ3n) is 10.3. The zero-order valence-electron chi connectivity index (χ0n) is 42.3. The molecular formula is C62H51Br4NO11S. The molecule has 7 N–H and O–H groups in total. The molecule has 12 nitrogen and oxygen atoms in total. The molecule has 0 fully saturated rings. The lowest BCUT2D eigenvalue weighted by molar-refractivity contribution is 0.0443. The summed E-state index contributed by atoms with van der Waals surface area (Å²) in [5.74, 6) is 1.57. The fraction of sp³-hybridized carbons (Fsp3) is 0.0484. The van der Waals surface area contributed by atoms with Crippen molar-refractivity contribution in [3.8, 4) is 52.1 Å². The lowest BCUT2D eigenvalue weighted by Gasteiger charge is -2.06. The number of hydrogen-bond acceptors (Lipinski definition) is 13. The van der Waals surface area contributed by atoms with E-state index in [1.54, 1.807) is 122 Å². The number of methoxy groups -OCH3 is 1. The first-order valence-corrected chi connectivity index (χ1v) is 27.6. The zero-order valence-corrected chi connectivity index (χ0v) is 49.5. The SMILES string of the molecule is COc1ccc(O)cc1.CSc1ccc(O)cc1.Cc1ccc(O)cc1.N#Cc1ccc(O)cc1.O=C1OC(=O)c2c(Br)c(Br)c(Br)c(Br)c21.Oc1ccc2ccccc2c1.Oc1cccc2ccccc12.Oc1ccccc1. The minimum atomic E-state index is -0.643. The topological polar surface area (TPSA) is 218 Å². The molecule has 0 saturated heterocycles. The van der Waals surface area contributed by atoms with Gasteiger partial charge in [0.05, 0.1) is 29.9 Å². The summed E-state index contributed by atoms with van der Waals surface area (Å²) >= 11 is 14.7. The van der Waals surface area contributed by atoms with Crippen molar-refractivity contribution < 1.29 is 54.8 Å². The maximum Gasteiger partial charge on any atom is 0.348 e. The van der Waals surface area contributed by atoms with E-state index in [0.717, 1.165) is 27.3 Å². The van der Waals surface area contributed by atoms with Gasteiger partial charge < -0.3 is 45.2 Å². The molecule has 10 aromatic rings. The number of para-hydroxylation sites is 1. The van der Waals surface area contributed by atoms with E-state index in [4.69, 9.17) is 40.6 Å². The average molecular weight is 1340 g/mol. The minimum Gasteiger partial charge on any atom is -0.508 e. The van der Waals surface area contributed by atoms with Crippen LogP contribution in [0.15, 0.2) is 235 Å². The van der Waals surface area contributed by atoms with Crippen molar-refractivity contribution >= 4 is 109 Å². The fourth-order valence-electron chi connectivity index (χ4n) is 6.26. The van der Waals surface area contributed by atoms with Crippen molar-refractivity contribution in [2.24, 2.45) is 0 Å². The number of hydrogen-bond donors (Lipinski definition) is 7. The van der Waals surface area contributed by atoms with Gasteiger partial charge >= 0.3 is 11.9 Å². The van der Waals surface area contributed by atoms with Crippen LogP contribution in [0.3, 0.4) is 0 Å². The Morgan fingerprint density at radius 3 is 1.33 bits per heavy atom. The standard InChI is InChI=1S/2C10H8O.C8Br4O3.C7H5NO.C7H8O2.C7H8OS.C7H8O.C6H6O/c11-10-7-3-5-8-4-1-2-6-9(8)10;11-10-6-5-8-3-1-2-4-9(8)7-10;9-3-1-2(8(14)15-7(1)13)4(10)6(12)5(3)11;8-5-6-1-3-7(9)4-2-6;2*1-9-7-4-2-6(8)3-5-7;1-6-2-4-7(8)5-3-6;7-6-4-2-1-3-5-6/h2*1-7,11H;;1-4,9H;2*2-5,8H,1H3;2-5,8H,1H3;1-5,7H. The smallest absolute Gasteiger partial charge is 0.348 e. The average Bonchev–Trinajstić information content (AvgIpc) is 3.78. The number of thioether (sulfide) groups is 1. The molecule has 0 unspecified atom stereocenters. The number of aromatic hydroxyl groups is 7. The van der Waals surface area contributed by atoms with E-state index in [9.17, 15) is 14.7 Å². The first-order chi connectivity index (χ1) is 37.8. The zero-order chi connectivity index (χ0) is 57.9. The summed E-state index contributed by atoms with van der Waals surface area (Å²) in [6, 6.07) is 64.2. The molecule has 17 heteroatoms. The van der Waals surface area contributed by atoms with Crippen LogP contribution >= 0.6 is 75.5 Å². The molecule has 0 saturated carbocycles. The highest BCUT2D eigenvalue weighted by atomic mass is 79.9. The lowest BCUT2D eigenvalue weighted by Crippen LogP contribution is -1.97. The van der Waals surface area contributed by atoms with Gasteiger partial charge in [-0.1, -0.05) is 103 Å². The van der Waals surface area contributed by atoms with Crippen LogP contribution in [-0.4, -0.2) is 61.0 Å². The normalized spacial score (nSPS) is 10.3. The van der Waals surface area contributed by atoms with Gasteiger partial charge in [-0.2, -0.15) is 5.26 Å². The van der Waals surface area contributed by atoms with E-state index in [2.05, 4.69) is 68.5 Å². The summed E-state index contributed by atoms with van der Waals surface area (Å²) in [4.78, 5) is 23.9. The molecule has 0 bridgehead atoms. The Morgan fingerprint density at radius 2 is 0.873 bits per heavy atom. The van der Waals surface area contributed by atoms with Gasteiger partial charge in [0.25, 0.3) is 0 Å². The number of esters is 2. The molecule has 1 heterocycles. The van der Waals surface area contributed by atoms with Gasteiger partial charge in [-0.05, 0) is 208 Å². The fourth-order valence-corrected chi connectivity index (χ4v) is 9.11. The van der Waals surface area contributed by atoms with Gasteiger partial charge in [0, 0.05) is 28.2 Å². The van der Waals surface area contributed by atoms with Crippen LogP contribution < -0.4 is 4.74 Å². The third kappa shape index (κ3) is 21.4. The first-order valence-electron chi connectivity index (χ1n) is 23.2. The maximum absolute atomic E-state index is 11.4. The van der Waals surface area contributed by atoms with Crippen molar-refractivity contribution in [3.05, 3.63) is 252 Å². The van der Waals surface area contributed by atoms with Gasteiger partial charge in [-0.25, -0.2) is 9.59 Å². The summed E-state index contributed by atoms with van der Waals surface area (Å²) in [5, 5.41) is 74.8. The third-order valence-corrected chi connectivity index (χ3v) is 15.8. The monoisotopic (exact) mass is 1330 g/mol. The number of carbonyl (C=O) groups is 2. The van der Waals surface area contributed by atoms with Gasteiger partial charge in [-0.3, -0.25) is 0 Å². The van der Waals surface area contributed by atoms with Crippen LogP contribution in [0, 0.1) is 18.3 Å². The van der Waals surface area contributed by atoms with E-state index in [-0.39, 0.29) is 22.6 Å². The molecule has 10 aromatic carbocycles. The van der Waals surface area contributed by atoms with Crippen LogP contribution in [0.1, 0.15) is 31.8 Å². The number of ether oxygens (including phenoxy) is 2. The lowest BCUT2D eigenvalue weighted by atomic mass is 10.1. The predicted molar refractivity (Wildman–Crippen MR) is 327 cm³/mol. The molecule has 0 atom stereocenters. The molecular weight excluding hydrogens is 1290 g/mol. The Kier molecular flexibility index (Phi) is 26.8. The number of cyclic esters (lactones) is 2. The van der Waals surface area contributed by atoms with E-state index < -0.39 is 11.9 Å². The Hall–Kier alpha value is -7.98. The van der Waals surface area contributed by atoms with Crippen LogP contribution in [0.25, 0.3) is 21.5 Å². The second kappa shape index (κ2) is 33.3. The summed E-state index contributed by atoms with van der Waals surface area (Å²) in [5.41, 5.74) is 2.21.